The van der Waals surface area contributed by atoms with E-state index in [1.54, 1.807) is 19.1 Å². The number of carboxylic acid groups (broad SMARTS) is 1. The summed E-state index contributed by atoms with van der Waals surface area (Å²) in [5, 5.41) is 13.0. The van der Waals surface area contributed by atoms with Gasteiger partial charge >= 0.3 is 5.97 Å². The molecule has 1 heterocycles. The number of aromatic carboxylic acids is 1. The summed E-state index contributed by atoms with van der Waals surface area (Å²) in [6.45, 7) is 3.58. The topological polar surface area (TPSA) is 72.2 Å². The van der Waals surface area contributed by atoms with E-state index in [1.807, 2.05) is 19.1 Å². The van der Waals surface area contributed by atoms with Gasteiger partial charge in [-0.2, -0.15) is 9.78 Å². The van der Waals surface area contributed by atoms with Gasteiger partial charge in [-0.15, -0.1) is 0 Å². The molecule has 2 rings (SSSR count). The smallest absolute Gasteiger partial charge is 0.341 e. The molecule has 0 aliphatic heterocycles. The molecule has 0 aliphatic rings. The van der Waals surface area contributed by atoms with Crippen LogP contribution in [0, 0.1) is 13.8 Å². The van der Waals surface area contributed by atoms with Gasteiger partial charge in [0, 0.05) is 0 Å². The van der Waals surface area contributed by atoms with Gasteiger partial charge in [-0.05, 0) is 32.0 Å². The molecule has 0 atom stereocenters. The first-order chi connectivity index (χ1) is 8.49. The lowest BCUT2D eigenvalue weighted by molar-refractivity contribution is 0.0694. The number of aryl methyl sites for hydroxylation is 2. The van der Waals surface area contributed by atoms with Crippen LogP contribution in [-0.4, -0.2) is 20.9 Å². The van der Waals surface area contributed by atoms with Crippen molar-refractivity contribution in [2.75, 3.05) is 0 Å². The van der Waals surface area contributed by atoms with E-state index in [2.05, 4.69) is 5.10 Å². The Balaban J connectivity index is 2.68. The van der Waals surface area contributed by atoms with E-state index in [9.17, 15) is 9.59 Å². The molecule has 18 heavy (non-hydrogen) atoms. The zero-order chi connectivity index (χ0) is 13.3. The molecule has 0 saturated heterocycles. The number of hydrogen-bond acceptors (Lipinski definition) is 3. The van der Waals surface area contributed by atoms with E-state index in [1.165, 1.54) is 6.07 Å². The largest absolute Gasteiger partial charge is 0.477 e. The highest BCUT2D eigenvalue weighted by Gasteiger charge is 2.13. The molecular formula is C13H12N2O3. The van der Waals surface area contributed by atoms with E-state index < -0.39 is 11.5 Å². The van der Waals surface area contributed by atoms with Crippen LogP contribution in [0.4, 0.5) is 0 Å². The molecule has 0 amide bonds. The highest BCUT2D eigenvalue weighted by atomic mass is 16.4. The van der Waals surface area contributed by atoms with Crippen LogP contribution in [0.25, 0.3) is 5.69 Å². The fourth-order valence-corrected chi connectivity index (χ4v) is 1.63. The van der Waals surface area contributed by atoms with Crippen molar-refractivity contribution < 1.29 is 9.90 Å². The normalized spacial score (nSPS) is 10.3. The first-order valence-electron chi connectivity index (χ1n) is 5.40. The van der Waals surface area contributed by atoms with Crippen LogP contribution < -0.4 is 5.56 Å². The van der Waals surface area contributed by atoms with Gasteiger partial charge in [-0.3, -0.25) is 4.79 Å². The zero-order valence-corrected chi connectivity index (χ0v) is 10.0. The number of nitrogens with zero attached hydrogens (tertiary/aromatic N) is 2. The van der Waals surface area contributed by atoms with Crippen LogP contribution in [-0.2, 0) is 0 Å². The third-order valence-electron chi connectivity index (χ3n) is 2.54. The molecule has 0 fully saturated rings. The Morgan fingerprint density at radius 3 is 2.39 bits per heavy atom. The second-order valence-electron chi connectivity index (χ2n) is 4.06. The molecule has 0 spiro atoms. The van der Waals surface area contributed by atoms with Crippen molar-refractivity contribution in [1.29, 1.82) is 0 Å². The summed E-state index contributed by atoms with van der Waals surface area (Å²) in [6.07, 6.45) is 0. The number of carbonyl (C=O) groups is 1. The maximum absolute atomic E-state index is 12.0. The summed E-state index contributed by atoms with van der Waals surface area (Å²) in [5.74, 6) is -1.24. The highest BCUT2D eigenvalue weighted by molar-refractivity contribution is 5.87. The lowest BCUT2D eigenvalue weighted by Crippen LogP contribution is -2.27. The average Bonchev–Trinajstić information content (AvgIpc) is 2.32. The summed E-state index contributed by atoms with van der Waals surface area (Å²) >= 11 is 0. The third-order valence-corrected chi connectivity index (χ3v) is 2.54. The minimum atomic E-state index is -1.24. The van der Waals surface area contributed by atoms with Crippen molar-refractivity contribution in [3.05, 3.63) is 57.5 Å². The van der Waals surface area contributed by atoms with Crippen LogP contribution >= 0.6 is 0 Å². The van der Waals surface area contributed by atoms with Crippen LogP contribution in [0.1, 0.15) is 21.6 Å². The van der Waals surface area contributed by atoms with Crippen LogP contribution in [0.3, 0.4) is 0 Å². The standard InChI is InChI=1S/C13H12N2O3/c1-8-3-5-10(6-4-8)15-12(16)11(13(17)18)7-9(2)14-15/h3-7H,1-2H3,(H,17,18). The molecule has 92 valence electrons. The highest BCUT2D eigenvalue weighted by Crippen LogP contribution is 2.07. The molecule has 1 aromatic heterocycles. The summed E-state index contributed by atoms with van der Waals surface area (Å²) in [7, 11) is 0. The number of rotatable bonds is 2. The van der Waals surface area contributed by atoms with E-state index in [-0.39, 0.29) is 5.56 Å². The molecular weight excluding hydrogens is 232 g/mol. The summed E-state index contributed by atoms with van der Waals surface area (Å²) in [5.41, 5.74) is 1.18. The number of aromatic nitrogens is 2. The Morgan fingerprint density at radius 2 is 1.83 bits per heavy atom. The molecule has 1 N–H and O–H groups in total. The van der Waals surface area contributed by atoms with Gasteiger partial charge in [0.05, 0.1) is 11.4 Å². The quantitative estimate of drug-likeness (QED) is 0.869. The van der Waals surface area contributed by atoms with Crippen molar-refractivity contribution in [3.63, 3.8) is 0 Å². The van der Waals surface area contributed by atoms with E-state index in [4.69, 9.17) is 5.11 Å². The molecule has 1 aromatic carbocycles. The lowest BCUT2D eigenvalue weighted by Gasteiger charge is -2.07. The SMILES string of the molecule is Cc1ccc(-n2nc(C)cc(C(=O)O)c2=O)cc1. The molecule has 2 aromatic rings. The Bertz CT molecular complexity index is 657. The van der Waals surface area contributed by atoms with E-state index in [0.29, 0.717) is 11.4 Å². The fourth-order valence-electron chi connectivity index (χ4n) is 1.63. The Morgan fingerprint density at radius 1 is 1.22 bits per heavy atom. The van der Waals surface area contributed by atoms with Crippen molar-refractivity contribution >= 4 is 5.97 Å². The number of carboxylic acids is 1. The maximum atomic E-state index is 12.0. The fraction of sp³-hybridized carbons (Fsp3) is 0.154. The summed E-state index contributed by atoms with van der Waals surface area (Å²) in [6, 6.07) is 8.41. The second kappa shape index (κ2) is 4.44. The molecule has 0 unspecified atom stereocenters. The first-order valence-corrected chi connectivity index (χ1v) is 5.40. The summed E-state index contributed by atoms with van der Waals surface area (Å²) in [4.78, 5) is 22.9. The molecule has 0 saturated carbocycles. The molecule has 5 heteroatoms. The lowest BCUT2D eigenvalue weighted by atomic mass is 10.2. The van der Waals surface area contributed by atoms with Crippen LogP contribution in [0.15, 0.2) is 35.1 Å². The Kier molecular flexibility index (Phi) is 2.97. The van der Waals surface area contributed by atoms with Crippen molar-refractivity contribution in [1.82, 2.24) is 9.78 Å². The first kappa shape index (κ1) is 12.0. The summed E-state index contributed by atoms with van der Waals surface area (Å²) < 4.78 is 1.11. The minimum absolute atomic E-state index is 0.275. The van der Waals surface area contributed by atoms with Crippen molar-refractivity contribution in [2.24, 2.45) is 0 Å². The molecule has 5 nitrogen and oxygen atoms in total. The van der Waals surface area contributed by atoms with Gasteiger partial charge in [0.1, 0.15) is 5.56 Å². The van der Waals surface area contributed by atoms with E-state index >= 15 is 0 Å². The van der Waals surface area contributed by atoms with Gasteiger partial charge in [0.25, 0.3) is 5.56 Å². The molecule has 0 aliphatic carbocycles. The number of hydrogen-bond donors (Lipinski definition) is 1. The Hall–Kier alpha value is -2.43. The monoisotopic (exact) mass is 244 g/mol. The Labute approximate surface area is 103 Å². The van der Waals surface area contributed by atoms with Crippen LogP contribution in [0.2, 0.25) is 0 Å². The van der Waals surface area contributed by atoms with E-state index in [0.717, 1.165) is 10.2 Å². The van der Waals surface area contributed by atoms with Gasteiger partial charge in [0.2, 0.25) is 0 Å². The van der Waals surface area contributed by atoms with Gasteiger partial charge < -0.3 is 5.11 Å². The average molecular weight is 244 g/mol. The predicted molar refractivity (Wildman–Crippen MR) is 66.3 cm³/mol. The third kappa shape index (κ3) is 2.15. The number of benzene rings is 1. The van der Waals surface area contributed by atoms with Crippen molar-refractivity contribution in [2.45, 2.75) is 13.8 Å². The van der Waals surface area contributed by atoms with Crippen LogP contribution in [0.5, 0.6) is 0 Å². The maximum Gasteiger partial charge on any atom is 0.341 e. The van der Waals surface area contributed by atoms with Gasteiger partial charge in [-0.25, -0.2) is 4.79 Å². The van der Waals surface area contributed by atoms with Gasteiger partial charge in [-0.1, -0.05) is 17.7 Å². The van der Waals surface area contributed by atoms with Crippen molar-refractivity contribution in [3.8, 4) is 5.69 Å². The zero-order valence-electron chi connectivity index (χ0n) is 10.0. The molecule has 0 radical (unpaired) electrons. The van der Waals surface area contributed by atoms with Gasteiger partial charge in [0.15, 0.2) is 0 Å². The second-order valence-corrected chi connectivity index (χ2v) is 4.06. The predicted octanol–water partition coefficient (Wildman–Crippen LogP) is 1.55. The molecule has 0 bridgehead atoms. The minimum Gasteiger partial charge on any atom is -0.477 e.